The molecule has 0 fully saturated rings. The van der Waals surface area contributed by atoms with Gasteiger partial charge in [-0.3, -0.25) is 4.79 Å². The Labute approximate surface area is 501 Å². The van der Waals surface area contributed by atoms with Crippen LogP contribution < -0.4 is 159 Å². The number of phenolic OH excluding ortho intramolecular Hbond substituents is 1. The van der Waals surface area contributed by atoms with Gasteiger partial charge in [0.05, 0.1) is 30.6 Å². The number of thiazole rings is 3. The van der Waals surface area contributed by atoms with Crippen LogP contribution in [0, 0.1) is 40.9 Å². The van der Waals surface area contributed by atoms with E-state index in [2.05, 4.69) is 35.8 Å². The van der Waals surface area contributed by atoms with Gasteiger partial charge in [-0.15, -0.1) is 34.0 Å². The van der Waals surface area contributed by atoms with E-state index in [0.717, 1.165) is 47.1 Å². The molecule has 0 spiro atoms. The number of nitrogens with zero attached hydrogens (tertiary/aromatic N) is 6. The van der Waals surface area contributed by atoms with E-state index in [0.29, 0.717) is 38.3 Å². The van der Waals surface area contributed by atoms with Crippen molar-refractivity contribution >= 4 is 112 Å². The van der Waals surface area contributed by atoms with Crippen molar-refractivity contribution in [1.29, 1.82) is 15.8 Å². The third-order valence-corrected chi connectivity index (χ3v) is 11.1. The molecule has 5 aromatic carbocycles. The Morgan fingerprint density at radius 3 is 1.52 bits per heavy atom. The molecular weight excluding hydrogens is 1170 g/mol. The Kier molecular flexibility index (Phi) is 27.3. The molecule has 0 bridgehead atoms. The van der Waals surface area contributed by atoms with Crippen LogP contribution in [-0.4, -0.2) is 60.9 Å². The molecule has 3 heterocycles. The summed E-state index contributed by atoms with van der Waals surface area (Å²) in [5.74, 6) is 0.905. The number of aromatic nitrogens is 3. The van der Waals surface area contributed by atoms with Crippen LogP contribution in [-0.2, 0) is 21.6 Å². The third kappa shape index (κ3) is 18.9. The average molecular weight is 1200 g/mol. The van der Waals surface area contributed by atoms with Gasteiger partial charge in [-0.2, -0.15) is 15.8 Å². The summed E-state index contributed by atoms with van der Waals surface area (Å²) < 4.78 is 8.55. The normalized spacial score (nSPS) is 9.46. The van der Waals surface area contributed by atoms with Gasteiger partial charge in [-0.1, -0.05) is 70.5 Å². The van der Waals surface area contributed by atoms with Gasteiger partial charge in [0.15, 0.2) is 15.0 Å². The first-order valence-electron chi connectivity index (χ1n) is 17.3. The van der Waals surface area contributed by atoms with Crippen molar-refractivity contribution in [2.45, 2.75) is 18.9 Å². The van der Waals surface area contributed by atoms with Crippen molar-refractivity contribution in [3.05, 3.63) is 135 Å². The summed E-state index contributed by atoms with van der Waals surface area (Å²) in [6.07, 6.45) is 0. The molecule has 23 heteroatoms. The second-order valence-corrected chi connectivity index (χ2v) is 15.6. The zero-order chi connectivity index (χ0) is 44.3. The molecule has 0 aliphatic rings. The third-order valence-electron chi connectivity index (χ3n) is 7.72. The number of fused-ring (bicyclic) bond motifs is 3. The number of alkyl halides is 1. The van der Waals surface area contributed by atoms with E-state index < -0.39 is 14.2 Å². The number of carbonyl (C=O) groups excluding carboxylic acids is 1. The second kappa shape index (κ2) is 30.2. The van der Waals surface area contributed by atoms with E-state index in [-0.39, 0.29) is 151 Å². The van der Waals surface area contributed by atoms with Gasteiger partial charge in [0, 0.05) is 5.33 Å². The largest absolute Gasteiger partial charge is 1.00 e. The SMILES string of the molecule is Cc1ccc2nc(C#N)sc2c1.N#Cc1nc2ccc(O)cc2s1.N#Cc1nc2ccc(OCc3ccc(B(O)O)cc3)cc2s1.O=CO[O-].OB(O)c1ccc(CBr)cc1.[Cs+].[Cs+].[H-]. The standard InChI is InChI=1S/C15H11BN2O3S.C9H6N2S.C8H4N2OS.C7H8BBrO2.CH2O3.2Cs.H/c17-8-15-18-13-6-5-12(7-14(13)22-15)21-9-10-1-3-11(4-2-10)16(19)20;1-6-2-3-7-8(4-6)12-9(5-10)11-7;9-4-8-10-6-2-1-5(11)3-7(6)12-8;9-5-6-1-3-7(4-2-6)8(10)11;2-1-4-3;;;/h1-7,19-20H,9H2;2-4H,1H3;1-3,11H;1-4,10-11H,5H2;1,3H;;;/q;;;;;2*+1;-1/p-1. The van der Waals surface area contributed by atoms with Gasteiger partial charge >= 0.3 is 152 Å². The van der Waals surface area contributed by atoms with Crippen molar-refractivity contribution in [2.75, 3.05) is 0 Å². The maximum Gasteiger partial charge on any atom is 1.00 e. The summed E-state index contributed by atoms with van der Waals surface area (Å²) in [5, 5.41) is 81.3. The molecule has 5 N–H and O–H groups in total. The first-order valence-corrected chi connectivity index (χ1v) is 20.9. The van der Waals surface area contributed by atoms with E-state index in [1.54, 1.807) is 54.6 Å². The van der Waals surface area contributed by atoms with Gasteiger partial charge in [0.25, 0.3) is 6.47 Å². The number of carbonyl (C=O) groups is 1. The molecule has 0 radical (unpaired) electrons. The Morgan fingerprint density at radius 2 is 1.10 bits per heavy atom. The van der Waals surface area contributed by atoms with Gasteiger partial charge in [0.2, 0.25) is 0 Å². The summed E-state index contributed by atoms with van der Waals surface area (Å²) in [6.45, 7) is 2.22. The monoisotopic (exact) mass is 1200 g/mol. The summed E-state index contributed by atoms with van der Waals surface area (Å²) >= 11 is 7.34. The minimum atomic E-state index is -1.46. The van der Waals surface area contributed by atoms with E-state index in [1.807, 2.05) is 73.7 Å². The fraction of sp³-hybridized carbons (Fsp3) is 0.0750. The smallest absolute Gasteiger partial charge is 1.00 e. The zero-order valence-electron chi connectivity index (χ0n) is 34.6. The van der Waals surface area contributed by atoms with Crippen molar-refractivity contribution in [3.63, 3.8) is 0 Å². The van der Waals surface area contributed by atoms with Crippen LogP contribution >= 0.6 is 49.9 Å². The van der Waals surface area contributed by atoms with Crippen LogP contribution in [0.5, 0.6) is 11.5 Å². The molecule has 0 atom stereocenters. The number of rotatable bonds is 7. The maximum atomic E-state index is 9.11. The summed E-state index contributed by atoms with van der Waals surface area (Å²) in [7, 11) is -2.82. The number of hydrogen-bond acceptors (Lipinski definition) is 18. The number of benzene rings is 5. The van der Waals surface area contributed by atoms with Crippen molar-refractivity contribution in [1.82, 2.24) is 15.0 Å². The molecule has 0 unspecified atom stereocenters. The number of ether oxygens (including phenoxy) is 1. The Balaban J connectivity index is 0.000000425. The summed E-state index contributed by atoms with van der Waals surface area (Å²) in [6, 6.07) is 36.4. The minimum Gasteiger partial charge on any atom is -1.00 e. The molecule has 3 aromatic heterocycles. The van der Waals surface area contributed by atoms with E-state index in [9.17, 15) is 0 Å². The Bertz CT molecular complexity index is 2730. The topological polar surface area (TPSA) is 270 Å². The molecule has 0 aliphatic carbocycles. The van der Waals surface area contributed by atoms with Crippen LogP contribution in [0.2, 0.25) is 0 Å². The first kappa shape index (κ1) is 57.0. The van der Waals surface area contributed by atoms with Gasteiger partial charge in [0.1, 0.15) is 36.3 Å². The predicted octanol–water partition coefficient (Wildman–Crippen LogP) is -1.41. The van der Waals surface area contributed by atoms with Crippen molar-refractivity contribution in [3.8, 4) is 29.7 Å². The van der Waals surface area contributed by atoms with E-state index in [1.165, 1.54) is 39.6 Å². The quantitative estimate of drug-likeness (QED) is 0.0404. The number of hydrogen-bond donors (Lipinski definition) is 5. The number of aromatic hydroxyl groups is 1. The van der Waals surface area contributed by atoms with Crippen LogP contribution in [0.25, 0.3) is 30.6 Å². The van der Waals surface area contributed by atoms with Gasteiger partial charge < -0.3 is 41.5 Å². The molecule has 8 aromatic rings. The number of aryl methyl sites for hydroxylation is 1. The molecule has 0 amide bonds. The second-order valence-electron chi connectivity index (χ2n) is 12.0. The zero-order valence-corrected chi connectivity index (χ0v) is 50.2. The Morgan fingerprint density at radius 1 is 0.683 bits per heavy atom. The fourth-order valence-electron chi connectivity index (χ4n) is 4.81. The fourth-order valence-corrected chi connectivity index (χ4v) is 7.64. The first-order chi connectivity index (χ1) is 29.4. The van der Waals surface area contributed by atoms with Crippen LogP contribution in [0.1, 0.15) is 33.1 Å². The summed E-state index contributed by atoms with van der Waals surface area (Å²) in [5.41, 5.74) is 6.68. The van der Waals surface area contributed by atoms with E-state index in [4.69, 9.17) is 55.8 Å². The van der Waals surface area contributed by atoms with Crippen molar-refractivity contribution < 1.29 is 184 Å². The van der Waals surface area contributed by atoms with Crippen molar-refractivity contribution in [2.24, 2.45) is 0 Å². The molecule has 63 heavy (non-hydrogen) atoms. The molecular formula is C40H31B2BrCs2N6O9S3. The van der Waals surface area contributed by atoms with Crippen LogP contribution in [0.15, 0.2) is 103 Å². The van der Waals surface area contributed by atoms with Crippen LogP contribution in [0.4, 0.5) is 0 Å². The van der Waals surface area contributed by atoms with Crippen LogP contribution in [0.3, 0.4) is 0 Å². The molecule has 0 saturated heterocycles. The number of halogens is 1. The number of phenols is 1. The molecule has 308 valence electrons. The van der Waals surface area contributed by atoms with Gasteiger partial charge in [-0.05, 0) is 83.1 Å². The average Bonchev–Trinajstić information content (AvgIpc) is 4.02. The molecule has 0 saturated carbocycles. The predicted molar refractivity (Wildman–Crippen MR) is 237 cm³/mol. The number of nitriles is 3. The minimum absolute atomic E-state index is 0. The Hall–Kier alpha value is -2.18. The molecule has 0 aliphatic heterocycles. The van der Waals surface area contributed by atoms with Gasteiger partial charge in [-0.25, -0.2) is 15.0 Å². The molecule has 8 rings (SSSR count). The van der Waals surface area contributed by atoms with E-state index >= 15 is 0 Å². The molecule has 15 nitrogen and oxygen atoms in total. The maximum absolute atomic E-state index is 9.11. The summed E-state index contributed by atoms with van der Waals surface area (Å²) in [4.78, 5) is 23.6.